The number of halogens is 4. The van der Waals surface area contributed by atoms with Crippen molar-refractivity contribution in [3.05, 3.63) is 70.7 Å². The number of piperidine rings is 1. The summed E-state index contributed by atoms with van der Waals surface area (Å²) in [5.41, 5.74) is 0.912. The van der Waals surface area contributed by atoms with Gasteiger partial charge in [0.2, 0.25) is 0 Å². The first-order valence-electron chi connectivity index (χ1n) is 15.1. The second-order valence-electron chi connectivity index (χ2n) is 11.9. The predicted molar refractivity (Wildman–Crippen MR) is 161 cm³/mol. The number of fused-ring (bicyclic) bond motifs is 1. The third-order valence-electron chi connectivity index (χ3n) is 8.90. The Balaban J connectivity index is 1.30. The van der Waals surface area contributed by atoms with Crippen LogP contribution in [0.3, 0.4) is 0 Å². The molecular weight excluding hydrogens is 590 g/mol. The highest BCUT2D eigenvalue weighted by atomic mass is 19.1. The molecule has 1 N–H and O–H groups in total. The molecule has 0 radical (unpaired) electrons. The van der Waals surface area contributed by atoms with Gasteiger partial charge in [0.15, 0.2) is 0 Å². The van der Waals surface area contributed by atoms with E-state index in [1.807, 2.05) is 17.0 Å². The molecule has 0 unspecified atom stereocenters. The Morgan fingerprint density at radius 1 is 1.09 bits per heavy atom. The largest absolute Gasteiger partial charge is 0.497 e. The van der Waals surface area contributed by atoms with Crippen LogP contribution >= 0.6 is 0 Å². The van der Waals surface area contributed by atoms with Gasteiger partial charge in [-0.1, -0.05) is 11.8 Å². The van der Waals surface area contributed by atoms with Gasteiger partial charge >= 0.3 is 5.97 Å². The van der Waals surface area contributed by atoms with Crippen molar-refractivity contribution in [1.29, 1.82) is 0 Å². The third-order valence-corrected chi connectivity index (χ3v) is 8.90. The summed E-state index contributed by atoms with van der Waals surface area (Å²) >= 11 is 0. The lowest BCUT2D eigenvalue weighted by Gasteiger charge is -2.41. The van der Waals surface area contributed by atoms with E-state index in [0.29, 0.717) is 86.5 Å². The summed E-state index contributed by atoms with van der Waals surface area (Å²) in [6.07, 6.45) is 1.84. The minimum atomic E-state index is -1.35. The number of likely N-dealkylation sites (tertiary alicyclic amines) is 1. The van der Waals surface area contributed by atoms with Crippen molar-refractivity contribution in [2.45, 2.75) is 44.8 Å². The number of ether oxygens (including phenoxy) is 2. The van der Waals surface area contributed by atoms with Gasteiger partial charge in [0, 0.05) is 48.9 Å². The maximum absolute atomic E-state index is 16.5. The first kappa shape index (κ1) is 32.7. The first-order chi connectivity index (χ1) is 21.7. The van der Waals surface area contributed by atoms with Crippen LogP contribution in [0.15, 0.2) is 36.5 Å². The molecule has 2 aliphatic rings. The Hall–Kier alpha value is -3.72. The van der Waals surface area contributed by atoms with Crippen molar-refractivity contribution in [3.8, 4) is 17.6 Å². The lowest BCUT2D eigenvalue weighted by atomic mass is 9.71. The van der Waals surface area contributed by atoms with Crippen LogP contribution in [-0.2, 0) is 16.1 Å². The number of benzene rings is 2. The Bertz CT molecular complexity index is 1550. The summed E-state index contributed by atoms with van der Waals surface area (Å²) < 4.78 is 68.5. The highest BCUT2D eigenvalue weighted by molar-refractivity contribution is 5.85. The minimum absolute atomic E-state index is 0.0865. The fourth-order valence-electron chi connectivity index (χ4n) is 6.36. The lowest BCUT2D eigenvalue weighted by Crippen LogP contribution is -2.41. The number of alkyl halides is 1. The number of methoxy groups -OCH3 is 1. The molecule has 11 heteroatoms. The van der Waals surface area contributed by atoms with Crippen LogP contribution in [0.5, 0.6) is 5.75 Å². The molecule has 2 saturated heterocycles. The Kier molecular flexibility index (Phi) is 10.6. The molecule has 0 saturated carbocycles. The van der Waals surface area contributed by atoms with Crippen molar-refractivity contribution in [2.24, 2.45) is 5.41 Å². The number of pyridine rings is 1. The number of hydrogen-bond acceptors (Lipinski definition) is 6. The van der Waals surface area contributed by atoms with Gasteiger partial charge in [-0.05, 0) is 68.0 Å². The molecule has 0 aliphatic carbocycles. The van der Waals surface area contributed by atoms with Crippen molar-refractivity contribution in [1.82, 2.24) is 14.8 Å². The molecule has 1 aromatic heterocycles. The standard InChI is InChI=1S/C34H37F4N3O4/c1-44-25-4-5-31-27(19-25)33(23(21-39-31)22-41-13-15-45-16-14-41)28(36)6-7-34(20-32(42)43)8-11-40(12-9-34)10-2-3-26-29(37)17-24(35)18-30(26)38/h4-5,17-19,21,28H,6-16,20,22H2,1H3,(H,42,43)/t28-/m0/s1. The fourth-order valence-corrected chi connectivity index (χ4v) is 6.36. The Morgan fingerprint density at radius 3 is 2.47 bits per heavy atom. The summed E-state index contributed by atoms with van der Waals surface area (Å²) in [5.74, 6) is 1.72. The topological polar surface area (TPSA) is 75.1 Å². The highest BCUT2D eigenvalue weighted by Gasteiger charge is 2.37. The molecule has 7 nitrogen and oxygen atoms in total. The van der Waals surface area contributed by atoms with E-state index in [0.717, 1.165) is 18.7 Å². The number of aliphatic carboxylic acids is 1. The van der Waals surface area contributed by atoms with Gasteiger partial charge in [0.1, 0.15) is 29.4 Å². The molecule has 0 spiro atoms. The molecule has 3 aromatic rings. The van der Waals surface area contributed by atoms with Gasteiger partial charge in [-0.25, -0.2) is 17.6 Å². The number of rotatable bonds is 10. The highest BCUT2D eigenvalue weighted by Crippen LogP contribution is 2.43. The SMILES string of the molecule is COc1ccc2ncc(CN3CCOCC3)c([C@@H](F)CCC3(CC(=O)O)CCN(CC#Cc4c(F)cc(F)cc4F)CC3)c2c1. The monoisotopic (exact) mass is 627 g/mol. The average molecular weight is 628 g/mol. The van der Waals surface area contributed by atoms with Gasteiger partial charge in [0.25, 0.3) is 0 Å². The Labute approximate surface area is 260 Å². The van der Waals surface area contributed by atoms with E-state index >= 15 is 4.39 Å². The predicted octanol–water partition coefficient (Wildman–Crippen LogP) is 5.89. The zero-order valence-electron chi connectivity index (χ0n) is 25.3. The molecule has 2 aliphatic heterocycles. The quantitative estimate of drug-likeness (QED) is 0.222. The van der Waals surface area contributed by atoms with Crippen molar-refractivity contribution in [2.75, 3.05) is 53.0 Å². The molecule has 0 bridgehead atoms. The van der Waals surface area contributed by atoms with E-state index in [4.69, 9.17) is 9.47 Å². The van der Waals surface area contributed by atoms with E-state index in [9.17, 15) is 23.1 Å². The van der Waals surface area contributed by atoms with Crippen LogP contribution in [0.25, 0.3) is 10.9 Å². The zero-order chi connectivity index (χ0) is 32.0. The average Bonchev–Trinajstić information content (AvgIpc) is 3.02. The zero-order valence-corrected chi connectivity index (χ0v) is 25.3. The van der Waals surface area contributed by atoms with Gasteiger partial charge < -0.3 is 14.6 Å². The van der Waals surface area contributed by atoms with Crippen molar-refractivity contribution < 1.29 is 36.9 Å². The number of carboxylic acids is 1. The summed E-state index contributed by atoms with van der Waals surface area (Å²) in [4.78, 5) is 20.7. The van der Waals surface area contributed by atoms with Gasteiger partial charge in [-0.2, -0.15) is 0 Å². The minimum Gasteiger partial charge on any atom is -0.497 e. The van der Waals surface area contributed by atoms with Gasteiger partial charge in [-0.15, -0.1) is 0 Å². The summed E-state index contributed by atoms with van der Waals surface area (Å²) in [6, 6.07) is 6.59. The number of hydrogen-bond donors (Lipinski definition) is 1. The lowest BCUT2D eigenvalue weighted by molar-refractivity contribution is -0.141. The summed E-state index contributed by atoms with van der Waals surface area (Å²) in [5, 5.41) is 10.5. The molecule has 3 heterocycles. The van der Waals surface area contributed by atoms with E-state index in [1.165, 1.54) is 0 Å². The van der Waals surface area contributed by atoms with Gasteiger partial charge in [-0.3, -0.25) is 19.6 Å². The maximum Gasteiger partial charge on any atom is 0.303 e. The van der Waals surface area contributed by atoms with E-state index in [-0.39, 0.29) is 19.4 Å². The summed E-state index contributed by atoms with van der Waals surface area (Å²) in [7, 11) is 1.56. The van der Waals surface area contributed by atoms with Crippen LogP contribution in [0.2, 0.25) is 0 Å². The maximum atomic E-state index is 16.5. The molecular formula is C34H37F4N3O4. The Morgan fingerprint density at radius 2 is 1.80 bits per heavy atom. The van der Waals surface area contributed by atoms with Gasteiger partial charge in [0.05, 0.1) is 44.4 Å². The number of nitrogens with zero attached hydrogens (tertiary/aromatic N) is 3. The molecule has 240 valence electrons. The molecule has 0 amide bonds. The van der Waals surface area contributed by atoms with Crippen LogP contribution in [0.4, 0.5) is 17.6 Å². The normalized spacial score (nSPS) is 17.9. The molecule has 1 atom stereocenters. The number of carboxylic acid groups (broad SMARTS) is 1. The smallest absolute Gasteiger partial charge is 0.303 e. The fraction of sp³-hybridized carbons (Fsp3) is 0.471. The molecule has 2 aromatic carbocycles. The third kappa shape index (κ3) is 8.12. The number of carbonyl (C=O) groups is 1. The number of aromatic nitrogens is 1. The van der Waals surface area contributed by atoms with Crippen LogP contribution in [0, 0.1) is 34.7 Å². The number of morpholine rings is 1. The van der Waals surface area contributed by atoms with E-state index in [2.05, 4.69) is 21.7 Å². The van der Waals surface area contributed by atoms with Crippen LogP contribution < -0.4 is 4.74 Å². The molecule has 5 rings (SSSR count). The van der Waals surface area contributed by atoms with Crippen LogP contribution in [0.1, 0.15) is 55.0 Å². The molecule has 45 heavy (non-hydrogen) atoms. The van der Waals surface area contributed by atoms with Crippen molar-refractivity contribution >= 4 is 16.9 Å². The van der Waals surface area contributed by atoms with E-state index in [1.54, 1.807) is 19.4 Å². The van der Waals surface area contributed by atoms with Crippen LogP contribution in [-0.4, -0.2) is 78.9 Å². The van der Waals surface area contributed by atoms with Crippen molar-refractivity contribution in [3.63, 3.8) is 0 Å². The molecule has 2 fully saturated rings. The second kappa shape index (κ2) is 14.6. The first-order valence-corrected chi connectivity index (χ1v) is 15.1. The second-order valence-corrected chi connectivity index (χ2v) is 11.9. The summed E-state index contributed by atoms with van der Waals surface area (Å²) in [6.45, 7) is 4.46. The van der Waals surface area contributed by atoms with E-state index < -0.39 is 40.6 Å².